The summed E-state index contributed by atoms with van der Waals surface area (Å²) in [6.45, 7) is 20.1. The number of rotatable bonds is 9. The molecule has 6 heteroatoms. The van der Waals surface area contributed by atoms with Crippen LogP contribution in [-0.2, 0) is 37.3 Å². The minimum Gasteiger partial charge on any atom is -0.516 e. The van der Waals surface area contributed by atoms with E-state index in [1.165, 1.54) is 27.8 Å². The molecule has 0 saturated carbocycles. The largest absolute Gasteiger partial charge is 0.516 e. The number of hydrogen-bond acceptors (Lipinski definition) is 4. The predicted octanol–water partition coefficient (Wildman–Crippen LogP) is 16.5. The van der Waals surface area contributed by atoms with Gasteiger partial charge >= 0.3 is 0 Å². The first-order valence-corrected chi connectivity index (χ1v) is 22.5. The molecule has 7 aromatic carbocycles. The zero-order chi connectivity index (χ0) is 45.7. The van der Waals surface area contributed by atoms with Crippen molar-refractivity contribution in [1.82, 2.24) is 9.55 Å². The fraction of sp³-hybridized carbons (Fsp3) is 0.200. The SMILES string of the molecule is [CH2-]N(c1[c-]c(Oc2[c-]c3c(cc2)c2cc(-c4ccccc4)ccc2n3-c2cc(C(C)(C)C)ccn2)cc(C(C)(C)C)c1)c1ccccc1Nc1cc(-c2ccccc2)cc(C(C)(C)C)c1.[Pt]. The van der Waals surface area contributed by atoms with Crippen molar-refractivity contribution in [2.75, 3.05) is 10.2 Å². The summed E-state index contributed by atoms with van der Waals surface area (Å²) >= 11 is 0. The van der Waals surface area contributed by atoms with Crippen molar-refractivity contribution in [2.24, 2.45) is 0 Å². The Labute approximate surface area is 405 Å². The van der Waals surface area contributed by atoms with Gasteiger partial charge in [0, 0.05) is 55.7 Å². The molecule has 1 N–H and O–H groups in total. The molecule has 66 heavy (non-hydrogen) atoms. The maximum absolute atomic E-state index is 6.82. The second-order valence-electron chi connectivity index (χ2n) is 20.1. The van der Waals surface area contributed by atoms with Crippen LogP contribution in [0.25, 0.3) is 49.9 Å². The molecule has 9 rings (SSSR count). The van der Waals surface area contributed by atoms with Crippen molar-refractivity contribution in [3.63, 3.8) is 0 Å². The van der Waals surface area contributed by atoms with Crippen LogP contribution in [-0.4, -0.2) is 9.55 Å². The van der Waals surface area contributed by atoms with Crippen LogP contribution in [0.1, 0.15) is 79.0 Å². The molecule has 9 aromatic rings. The Balaban J connectivity index is 0.00000592. The normalized spacial score (nSPS) is 12.0. The Morgan fingerprint density at radius 1 is 0.545 bits per heavy atom. The smallest absolute Gasteiger partial charge is 0.135 e. The van der Waals surface area contributed by atoms with Crippen LogP contribution in [0.4, 0.5) is 22.7 Å². The molecule has 0 aliphatic heterocycles. The van der Waals surface area contributed by atoms with Gasteiger partial charge in [0.2, 0.25) is 0 Å². The molecule has 5 nitrogen and oxygen atoms in total. The molecule has 2 aromatic heterocycles. The van der Waals surface area contributed by atoms with Gasteiger partial charge in [-0.3, -0.25) is 7.05 Å². The number of hydrogen-bond donors (Lipinski definition) is 1. The first kappa shape index (κ1) is 46.1. The van der Waals surface area contributed by atoms with E-state index in [1.54, 1.807) is 0 Å². The van der Waals surface area contributed by atoms with Crippen molar-refractivity contribution >= 4 is 44.6 Å². The van der Waals surface area contributed by atoms with Crippen LogP contribution in [0.3, 0.4) is 0 Å². The van der Waals surface area contributed by atoms with Crippen molar-refractivity contribution in [1.29, 1.82) is 0 Å². The molecule has 0 saturated heterocycles. The maximum Gasteiger partial charge on any atom is 0.135 e. The first-order valence-electron chi connectivity index (χ1n) is 22.5. The van der Waals surface area contributed by atoms with Gasteiger partial charge in [-0.15, -0.1) is 47.0 Å². The van der Waals surface area contributed by atoms with E-state index in [0.29, 0.717) is 11.5 Å². The summed E-state index contributed by atoms with van der Waals surface area (Å²) in [4.78, 5) is 6.88. The number of para-hydroxylation sites is 2. The Bertz CT molecular complexity index is 3170. The van der Waals surface area contributed by atoms with Crippen LogP contribution >= 0.6 is 0 Å². The topological polar surface area (TPSA) is 42.3 Å². The van der Waals surface area contributed by atoms with Crippen molar-refractivity contribution in [3.8, 4) is 39.6 Å². The number of nitrogens with zero attached hydrogens (tertiary/aromatic N) is 3. The molecule has 0 unspecified atom stereocenters. The summed E-state index contributed by atoms with van der Waals surface area (Å²) in [5, 5.41) is 5.97. The molecule has 0 radical (unpaired) electrons. The molecular weight excluding hydrogens is 988 g/mol. The third-order valence-corrected chi connectivity index (χ3v) is 12.2. The minimum atomic E-state index is -0.192. The molecule has 0 atom stereocenters. The number of fused-ring (bicyclic) bond motifs is 3. The molecule has 0 fully saturated rings. The van der Waals surface area contributed by atoms with Gasteiger partial charge in [0.25, 0.3) is 0 Å². The van der Waals surface area contributed by atoms with Crippen LogP contribution in [0.2, 0.25) is 0 Å². The number of aromatic nitrogens is 2. The van der Waals surface area contributed by atoms with Gasteiger partial charge in [-0.05, 0) is 97.5 Å². The third kappa shape index (κ3) is 9.60. The van der Waals surface area contributed by atoms with Gasteiger partial charge in [0.05, 0.1) is 5.69 Å². The Morgan fingerprint density at radius 2 is 1.18 bits per heavy atom. The van der Waals surface area contributed by atoms with Crippen molar-refractivity contribution < 1.29 is 25.8 Å². The quantitative estimate of drug-likeness (QED) is 0.146. The van der Waals surface area contributed by atoms with E-state index in [2.05, 4.69) is 237 Å². The first-order chi connectivity index (χ1) is 31.0. The van der Waals surface area contributed by atoms with Crippen molar-refractivity contribution in [3.05, 3.63) is 200 Å². The molecule has 0 aliphatic carbocycles. The van der Waals surface area contributed by atoms with E-state index >= 15 is 0 Å². The summed E-state index contributed by atoms with van der Waals surface area (Å²) in [5.41, 5.74) is 13.5. The Morgan fingerprint density at radius 3 is 1.86 bits per heavy atom. The minimum absolute atomic E-state index is 0. The predicted molar refractivity (Wildman–Crippen MR) is 273 cm³/mol. The zero-order valence-corrected chi connectivity index (χ0v) is 41.6. The van der Waals surface area contributed by atoms with Gasteiger partial charge in [-0.1, -0.05) is 159 Å². The average molecular weight is 1050 g/mol. The molecule has 2 heterocycles. The molecule has 0 bridgehead atoms. The summed E-state index contributed by atoms with van der Waals surface area (Å²) in [7, 11) is 4.63. The zero-order valence-electron chi connectivity index (χ0n) is 39.4. The Kier molecular flexibility index (Phi) is 12.6. The third-order valence-electron chi connectivity index (χ3n) is 12.2. The number of pyridine rings is 1. The average Bonchev–Trinajstić information content (AvgIpc) is 3.61. The van der Waals surface area contributed by atoms with Crippen LogP contribution < -0.4 is 15.0 Å². The van der Waals surface area contributed by atoms with E-state index < -0.39 is 0 Å². The number of nitrogens with one attached hydrogen (secondary N) is 1. The number of anilines is 4. The van der Waals surface area contributed by atoms with E-state index in [4.69, 9.17) is 9.72 Å². The van der Waals surface area contributed by atoms with Crippen LogP contribution in [0.15, 0.2) is 164 Å². The van der Waals surface area contributed by atoms with Gasteiger partial charge < -0.3 is 19.5 Å². The summed E-state index contributed by atoms with van der Waals surface area (Å²) in [6.07, 6.45) is 1.91. The van der Waals surface area contributed by atoms with Gasteiger partial charge in [-0.25, -0.2) is 4.98 Å². The number of benzene rings is 7. The van der Waals surface area contributed by atoms with E-state index in [9.17, 15) is 0 Å². The standard InChI is InChI=1S/C60H57N4O.Pt/c1-58(2,3)44-29-30-61-57(37-44)64-54-28-25-42(40-19-13-11-14-20-40)33-52(54)51-27-26-49(39-56(51)64)65-50-36-46(60(7,8)9)35-48(38-50)63(10)55-24-18-17-23-53(55)62-47-32-43(41-21-15-12-16-22-41)31-45(34-47)59(4,5)6;/h11-37,62H,10H2,1-9H3;/q-3;. The molecular formula is C60H57N4OPt-3. The molecule has 0 amide bonds. The van der Waals surface area contributed by atoms with E-state index in [0.717, 1.165) is 61.5 Å². The maximum atomic E-state index is 6.82. The van der Waals surface area contributed by atoms with Crippen molar-refractivity contribution in [2.45, 2.75) is 78.6 Å². The summed E-state index contributed by atoms with van der Waals surface area (Å²) < 4.78 is 9.03. The fourth-order valence-corrected chi connectivity index (χ4v) is 8.35. The monoisotopic (exact) mass is 1040 g/mol. The second-order valence-corrected chi connectivity index (χ2v) is 20.1. The summed E-state index contributed by atoms with van der Waals surface area (Å²) in [5.74, 6) is 1.99. The van der Waals surface area contributed by atoms with Gasteiger partial charge in [0.1, 0.15) is 5.82 Å². The van der Waals surface area contributed by atoms with Crippen LogP contribution in [0.5, 0.6) is 11.5 Å². The Hall–Kier alpha value is -6.42. The van der Waals surface area contributed by atoms with Gasteiger partial charge in [-0.2, -0.15) is 6.07 Å². The molecule has 336 valence electrons. The number of ether oxygens (including phenoxy) is 1. The van der Waals surface area contributed by atoms with Gasteiger partial charge in [0.15, 0.2) is 0 Å². The molecule has 0 aliphatic rings. The second kappa shape index (κ2) is 18.1. The van der Waals surface area contributed by atoms with E-state index in [1.807, 2.05) is 23.2 Å². The van der Waals surface area contributed by atoms with E-state index in [-0.39, 0.29) is 37.3 Å². The summed E-state index contributed by atoms with van der Waals surface area (Å²) in [6, 6.07) is 62.8. The fourth-order valence-electron chi connectivity index (χ4n) is 8.35. The van der Waals surface area contributed by atoms with Crippen LogP contribution in [0, 0.1) is 19.2 Å². The molecule has 0 spiro atoms.